The number of anilines is 1. The van der Waals surface area contributed by atoms with Gasteiger partial charge in [0.05, 0.1) is 5.69 Å². The molecule has 1 saturated heterocycles. The van der Waals surface area contributed by atoms with Gasteiger partial charge in [0.25, 0.3) is 5.56 Å². The molecule has 0 radical (unpaired) electrons. The van der Waals surface area contributed by atoms with Crippen LogP contribution in [0.5, 0.6) is 0 Å². The third kappa shape index (κ3) is 4.25. The molecular formula is C18H23FN4O2S. The monoisotopic (exact) mass is 378 g/mol. The van der Waals surface area contributed by atoms with Crippen molar-refractivity contribution >= 4 is 17.8 Å². The van der Waals surface area contributed by atoms with Crippen molar-refractivity contribution < 1.29 is 9.50 Å². The Balaban J connectivity index is 1.98. The zero-order valence-corrected chi connectivity index (χ0v) is 15.6. The molecule has 0 unspecified atom stereocenters. The van der Waals surface area contributed by atoms with Crippen LogP contribution in [-0.2, 0) is 6.42 Å². The molecule has 0 saturated carbocycles. The van der Waals surface area contributed by atoms with E-state index in [-0.39, 0.29) is 18.0 Å². The normalized spacial score (nSPS) is 15.4. The summed E-state index contributed by atoms with van der Waals surface area (Å²) in [4.78, 5) is 19.6. The van der Waals surface area contributed by atoms with Crippen molar-refractivity contribution in [2.24, 2.45) is 0 Å². The molecule has 140 valence electrons. The molecule has 0 aliphatic carbocycles. The predicted molar refractivity (Wildman–Crippen MR) is 102 cm³/mol. The number of benzene rings is 1. The van der Waals surface area contributed by atoms with Crippen LogP contribution in [0.1, 0.15) is 12.1 Å². The van der Waals surface area contributed by atoms with Gasteiger partial charge in [0.1, 0.15) is 5.82 Å². The second kappa shape index (κ2) is 8.66. The van der Waals surface area contributed by atoms with Gasteiger partial charge in [-0.3, -0.25) is 9.36 Å². The van der Waals surface area contributed by atoms with Gasteiger partial charge in [-0.25, -0.2) is 13.7 Å². The van der Waals surface area contributed by atoms with Gasteiger partial charge in [0, 0.05) is 44.7 Å². The van der Waals surface area contributed by atoms with Gasteiger partial charge in [0.2, 0.25) is 0 Å². The first-order chi connectivity index (χ1) is 12.6. The molecule has 1 aliphatic rings. The van der Waals surface area contributed by atoms with Crippen LogP contribution in [0.3, 0.4) is 0 Å². The van der Waals surface area contributed by atoms with Crippen molar-refractivity contribution in [2.75, 3.05) is 43.9 Å². The molecule has 2 aromatic rings. The number of aromatic nitrogens is 2. The molecule has 1 N–H and O–H groups in total. The van der Waals surface area contributed by atoms with E-state index in [2.05, 4.69) is 9.29 Å². The first kappa shape index (κ1) is 18.9. The molecule has 0 bridgehead atoms. The molecule has 26 heavy (non-hydrogen) atoms. The minimum Gasteiger partial charge on any atom is -0.396 e. The largest absolute Gasteiger partial charge is 0.396 e. The van der Waals surface area contributed by atoms with Gasteiger partial charge < -0.3 is 10.0 Å². The van der Waals surface area contributed by atoms with Crippen LogP contribution in [0.15, 0.2) is 35.3 Å². The van der Waals surface area contributed by atoms with E-state index in [0.29, 0.717) is 24.3 Å². The minimum absolute atomic E-state index is 0.0685. The average Bonchev–Trinajstić information content (AvgIpc) is 2.68. The van der Waals surface area contributed by atoms with Crippen molar-refractivity contribution in [3.05, 3.63) is 52.3 Å². The molecule has 2 heterocycles. The maximum Gasteiger partial charge on any atom is 0.298 e. The van der Waals surface area contributed by atoms with E-state index < -0.39 is 0 Å². The van der Waals surface area contributed by atoms with Crippen molar-refractivity contribution in [3.8, 4) is 5.69 Å². The fourth-order valence-electron chi connectivity index (χ4n) is 2.99. The van der Waals surface area contributed by atoms with E-state index in [0.717, 1.165) is 31.9 Å². The van der Waals surface area contributed by atoms with Crippen molar-refractivity contribution in [3.63, 3.8) is 0 Å². The standard InChI is InChI=1S/C18H23FN4O2S/c1-26-22-10-8-21(9-11-22)17-18(25)23(13-15(20-17)3-2-12-24)16-6-4-14(19)5-7-16/h4-7,13,24H,2-3,8-12H2,1H3. The molecule has 6 nitrogen and oxygen atoms in total. The lowest BCUT2D eigenvalue weighted by Gasteiger charge is -2.33. The Labute approximate surface area is 156 Å². The van der Waals surface area contributed by atoms with Gasteiger partial charge in [-0.1, -0.05) is 11.9 Å². The van der Waals surface area contributed by atoms with Gasteiger partial charge in [-0.15, -0.1) is 0 Å². The van der Waals surface area contributed by atoms with Gasteiger partial charge in [0.15, 0.2) is 5.82 Å². The number of aliphatic hydroxyl groups is 1. The fourth-order valence-corrected chi connectivity index (χ4v) is 3.52. The highest BCUT2D eigenvalue weighted by molar-refractivity contribution is 7.96. The third-order valence-corrected chi connectivity index (χ3v) is 5.31. The van der Waals surface area contributed by atoms with Crippen LogP contribution in [-0.4, -0.2) is 58.0 Å². The molecule has 1 aromatic heterocycles. The number of aryl methyl sites for hydroxylation is 1. The number of hydrogen-bond acceptors (Lipinski definition) is 6. The lowest BCUT2D eigenvalue weighted by atomic mass is 10.2. The smallest absolute Gasteiger partial charge is 0.298 e. The van der Waals surface area contributed by atoms with E-state index in [1.165, 1.54) is 16.7 Å². The Kier molecular flexibility index (Phi) is 6.29. The summed E-state index contributed by atoms with van der Waals surface area (Å²) in [5.41, 5.74) is 1.14. The zero-order chi connectivity index (χ0) is 18.5. The van der Waals surface area contributed by atoms with Crippen LogP contribution >= 0.6 is 11.9 Å². The topological polar surface area (TPSA) is 61.6 Å². The SMILES string of the molecule is CSN1CCN(c2nc(CCCO)cn(-c3ccc(F)cc3)c2=O)CC1. The van der Waals surface area contributed by atoms with Crippen molar-refractivity contribution in [1.29, 1.82) is 0 Å². The highest BCUT2D eigenvalue weighted by atomic mass is 32.2. The molecule has 1 fully saturated rings. The number of halogens is 1. The number of aliphatic hydroxyl groups excluding tert-OH is 1. The van der Waals surface area contributed by atoms with Gasteiger partial charge in [-0.2, -0.15) is 0 Å². The van der Waals surface area contributed by atoms with E-state index in [1.54, 1.807) is 30.3 Å². The summed E-state index contributed by atoms with van der Waals surface area (Å²) in [6, 6.07) is 5.85. The van der Waals surface area contributed by atoms with Crippen LogP contribution in [0, 0.1) is 5.82 Å². The molecule has 3 rings (SSSR count). The summed E-state index contributed by atoms with van der Waals surface area (Å²) in [5, 5.41) is 9.12. The summed E-state index contributed by atoms with van der Waals surface area (Å²) in [6.07, 6.45) is 4.89. The lowest BCUT2D eigenvalue weighted by Crippen LogP contribution is -2.46. The summed E-state index contributed by atoms with van der Waals surface area (Å²) >= 11 is 1.70. The molecule has 1 aromatic carbocycles. The maximum absolute atomic E-state index is 13.2. The Hall–Kier alpha value is -1.90. The molecule has 8 heteroatoms. The van der Waals surface area contributed by atoms with Crippen LogP contribution < -0.4 is 10.5 Å². The third-order valence-electron chi connectivity index (χ3n) is 4.43. The Bertz CT molecular complexity index is 789. The number of nitrogens with zero attached hydrogens (tertiary/aromatic N) is 4. The molecule has 1 aliphatic heterocycles. The first-order valence-corrected chi connectivity index (χ1v) is 9.84. The minimum atomic E-state index is -0.343. The summed E-state index contributed by atoms with van der Waals surface area (Å²) < 4.78 is 17.0. The summed E-state index contributed by atoms with van der Waals surface area (Å²) in [5.74, 6) is 0.0790. The molecule has 0 atom stereocenters. The Morgan fingerprint density at radius 3 is 2.50 bits per heavy atom. The zero-order valence-electron chi connectivity index (χ0n) is 14.8. The van der Waals surface area contributed by atoms with Crippen molar-refractivity contribution in [1.82, 2.24) is 13.9 Å². The number of hydrogen-bond donors (Lipinski definition) is 1. The first-order valence-electron chi connectivity index (χ1n) is 8.65. The van der Waals surface area contributed by atoms with Crippen LogP contribution in [0.25, 0.3) is 5.69 Å². The van der Waals surface area contributed by atoms with Crippen LogP contribution in [0.2, 0.25) is 0 Å². The Morgan fingerprint density at radius 1 is 1.19 bits per heavy atom. The van der Waals surface area contributed by atoms with Crippen LogP contribution in [0.4, 0.5) is 10.2 Å². The quantitative estimate of drug-likeness (QED) is 0.772. The van der Waals surface area contributed by atoms with Gasteiger partial charge in [-0.05, 0) is 43.4 Å². The molecule has 0 spiro atoms. The summed E-state index contributed by atoms with van der Waals surface area (Å²) in [6.45, 7) is 3.25. The highest BCUT2D eigenvalue weighted by Gasteiger charge is 2.21. The average molecular weight is 378 g/mol. The number of rotatable bonds is 6. The predicted octanol–water partition coefficient (Wildman–Crippen LogP) is 1.70. The molecule has 0 amide bonds. The lowest BCUT2D eigenvalue weighted by molar-refractivity contribution is 0.288. The van der Waals surface area contributed by atoms with E-state index in [1.807, 2.05) is 11.2 Å². The second-order valence-electron chi connectivity index (χ2n) is 6.13. The fraction of sp³-hybridized carbons (Fsp3) is 0.444. The van der Waals surface area contributed by atoms with Gasteiger partial charge >= 0.3 is 0 Å². The summed E-state index contributed by atoms with van der Waals surface area (Å²) in [7, 11) is 0. The highest BCUT2D eigenvalue weighted by Crippen LogP contribution is 2.16. The van der Waals surface area contributed by atoms with E-state index in [9.17, 15) is 9.18 Å². The van der Waals surface area contributed by atoms with E-state index in [4.69, 9.17) is 5.11 Å². The second-order valence-corrected chi connectivity index (χ2v) is 7.01. The van der Waals surface area contributed by atoms with Crippen molar-refractivity contribution in [2.45, 2.75) is 12.8 Å². The Morgan fingerprint density at radius 2 is 1.88 bits per heavy atom. The number of piperazine rings is 1. The van der Waals surface area contributed by atoms with E-state index >= 15 is 0 Å². The maximum atomic E-state index is 13.2. The molecular weight excluding hydrogens is 355 g/mol.